The van der Waals surface area contributed by atoms with Crippen LogP contribution in [0, 0.1) is 0 Å². The fourth-order valence-electron chi connectivity index (χ4n) is 2.87. The van der Waals surface area contributed by atoms with Crippen LogP contribution in [0.15, 0.2) is 30.3 Å². The number of nitrogens with one attached hydrogen (secondary N) is 1. The van der Waals surface area contributed by atoms with E-state index in [4.69, 9.17) is 4.74 Å². The maximum absolute atomic E-state index is 14.5. The number of rotatable bonds is 2. The zero-order valence-corrected chi connectivity index (χ0v) is 15.2. The number of piperidine rings is 1. The molecule has 1 aromatic rings. The fraction of sp³-hybridized carbons (Fsp3) is 0.556. The molecule has 2 rings (SSSR count). The number of carbonyl (C=O) groups excluding carboxylic acids is 2. The van der Waals surface area contributed by atoms with Gasteiger partial charge in [-0.05, 0) is 32.8 Å². The molecule has 1 unspecified atom stereocenters. The standard InChI is InChI=1S/C18H22F4N2O3/c1-17(2,3)27-16(26)24-10-12(19)13(23-15(25)18(20,21)22)9-14(24)11-7-5-4-6-8-11/h4-8,12-14H,9-10H2,1-3H3,(H,23,25)/t12?,13-,14-/m0/s1. The number of amides is 2. The van der Waals surface area contributed by atoms with Gasteiger partial charge in [-0.1, -0.05) is 30.3 Å². The average Bonchev–Trinajstić information content (AvgIpc) is 2.54. The summed E-state index contributed by atoms with van der Waals surface area (Å²) in [4.78, 5) is 24.9. The molecule has 0 aromatic heterocycles. The SMILES string of the molecule is CC(C)(C)OC(=O)N1CC(F)[C@@H](NC(=O)C(F)(F)F)C[C@H]1c1ccccc1. The Balaban J connectivity index is 2.26. The largest absolute Gasteiger partial charge is 0.471 e. The van der Waals surface area contributed by atoms with Crippen molar-refractivity contribution in [2.75, 3.05) is 6.54 Å². The van der Waals surface area contributed by atoms with Crippen molar-refractivity contribution in [3.8, 4) is 0 Å². The second kappa shape index (κ2) is 7.74. The summed E-state index contributed by atoms with van der Waals surface area (Å²) in [5.41, 5.74) is -0.201. The van der Waals surface area contributed by atoms with Crippen molar-refractivity contribution in [1.29, 1.82) is 0 Å². The molecule has 0 spiro atoms. The topological polar surface area (TPSA) is 58.6 Å². The van der Waals surface area contributed by atoms with Crippen molar-refractivity contribution in [3.05, 3.63) is 35.9 Å². The van der Waals surface area contributed by atoms with Crippen LogP contribution in [-0.2, 0) is 9.53 Å². The number of ether oxygens (including phenoxy) is 1. The number of hydrogen-bond acceptors (Lipinski definition) is 3. The first kappa shape index (κ1) is 21.0. The van der Waals surface area contributed by atoms with E-state index in [1.165, 1.54) is 0 Å². The summed E-state index contributed by atoms with van der Waals surface area (Å²) in [5.74, 6) is -2.20. The van der Waals surface area contributed by atoms with Crippen molar-refractivity contribution >= 4 is 12.0 Å². The monoisotopic (exact) mass is 390 g/mol. The molecule has 3 atom stereocenters. The van der Waals surface area contributed by atoms with Crippen molar-refractivity contribution in [2.45, 2.75) is 57.2 Å². The number of likely N-dealkylation sites (tertiary alicyclic amines) is 1. The maximum atomic E-state index is 14.5. The Morgan fingerprint density at radius 2 is 1.74 bits per heavy atom. The van der Waals surface area contributed by atoms with Crippen LogP contribution in [0.5, 0.6) is 0 Å². The van der Waals surface area contributed by atoms with Crippen LogP contribution in [0.3, 0.4) is 0 Å². The van der Waals surface area contributed by atoms with Gasteiger partial charge in [-0.15, -0.1) is 0 Å². The molecule has 1 saturated heterocycles. The van der Waals surface area contributed by atoms with E-state index in [2.05, 4.69) is 0 Å². The quantitative estimate of drug-likeness (QED) is 0.783. The molecule has 150 valence electrons. The molecule has 1 aliphatic rings. The van der Waals surface area contributed by atoms with Gasteiger partial charge in [0.05, 0.1) is 18.6 Å². The second-order valence-electron chi connectivity index (χ2n) is 7.39. The van der Waals surface area contributed by atoms with Gasteiger partial charge in [0.25, 0.3) is 0 Å². The molecule has 5 nitrogen and oxygen atoms in total. The van der Waals surface area contributed by atoms with Crippen molar-refractivity contribution in [1.82, 2.24) is 10.2 Å². The van der Waals surface area contributed by atoms with Crippen LogP contribution < -0.4 is 5.32 Å². The van der Waals surface area contributed by atoms with Gasteiger partial charge in [0.2, 0.25) is 0 Å². The molecule has 1 N–H and O–H groups in total. The van der Waals surface area contributed by atoms with Gasteiger partial charge in [-0.3, -0.25) is 9.69 Å². The van der Waals surface area contributed by atoms with E-state index in [0.717, 1.165) is 4.90 Å². The average molecular weight is 390 g/mol. The van der Waals surface area contributed by atoms with Crippen LogP contribution >= 0.6 is 0 Å². The summed E-state index contributed by atoms with van der Waals surface area (Å²) in [7, 11) is 0. The molecule has 0 saturated carbocycles. The second-order valence-corrected chi connectivity index (χ2v) is 7.39. The first-order chi connectivity index (χ1) is 12.4. The Kier molecular flexibility index (Phi) is 6.01. The molecular weight excluding hydrogens is 368 g/mol. The van der Waals surface area contributed by atoms with Crippen LogP contribution in [0.25, 0.3) is 0 Å². The summed E-state index contributed by atoms with van der Waals surface area (Å²) < 4.78 is 57.4. The molecule has 1 aliphatic heterocycles. The third kappa shape index (κ3) is 5.58. The zero-order chi connectivity index (χ0) is 20.4. The predicted molar refractivity (Wildman–Crippen MR) is 89.6 cm³/mol. The summed E-state index contributed by atoms with van der Waals surface area (Å²) >= 11 is 0. The van der Waals surface area contributed by atoms with Crippen LogP contribution in [-0.4, -0.2) is 47.4 Å². The number of alkyl halides is 4. The zero-order valence-electron chi connectivity index (χ0n) is 15.2. The molecule has 27 heavy (non-hydrogen) atoms. The Morgan fingerprint density at radius 3 is 2.26 bits per heavy atom. The van der Waals surface area contributed by atoms with Crippen LogP contribution in [0.2, 0.25) is 0 Å². The van der Waals surface area contributed by atoms with Gasteiger partial charge < -0.3 is 10.1 Å². The maximum Gasteiger partial charge on any atom is 0.471 e. The van der Waals surface area contributed by atoms with Crippen LogP contribution in [0.1, 0.15) is 38.8 Å². The Labute approximate surface area is 154 Å². The highest BCUT2D eigenvalue weighted by atomic mass is 19.4. The minimum absolute atomic E-state index is 0.202. The van der Waals surface area contributed by atoms with Crippen molar-refractivity contribution in [3.63, 3.8) is 0 Å². The lowest BCUT2D eigenvalue weighted by atomic mass is 9.91. The minimum Gasteiger partial charge on any atom is -0.444 e. The molecular formula is C18H22F4N2O3. The highest BCUT2D eigenvalue weighted by Crippen LogP contribution is 2.34. The Hall–Kier alpha value is -2.32. The lowest BCUT2D eigenvalue weighted by Crippen LogP contribution is -2.57. The van der Waals surface area contributed by atoms with Gasteiger partial charge in [-0.25, -0.2) is 9.18 Å². The third-order valence-corrected chi connectivity index (χ3v) is 4.05. The molecule has 0 aliphatic carbocycles. The molecule has 1 fully saturated rings. The van der Waals surface area contributed by atoms with Crippen LogP contribution in [0.4, 0.5) is 22.4 Å². The number of benzene rings is 1. The highest BCUT2D eigenvalue weighted by Gasteiger charge is 2.45. The number of hydrogen-bond donors (Lipinski definition) is 1. The van der Waals surface area contributed by atoms with Crippen molar-refractivity contribution < 1.29 is 31.9 Å². The van der Waals surface area contributed by atoms with E-state index in [-0.39, 0.29) is 6.42 Å². The van der Waals surface area contributed by atoms with E-state index in [1.54, 1.807) is 56.4 Å². The lowest BCUT2D eigenvalue weighted by molar-refractivity contribution is -0.175. The molecule has 2 amide bonds. The molecule has 0 radical (unpaired) electrons. The van der Waals surface area contributed by atoms with Gasteiger partial charge >= 0.3 is 18.2 Å². The van der Waals surface area contributed by atoms with Gasteiger partial charge in [0.15, 0.2) is 0 Å². The summed E-state index contributed by atoms with van der Waals surface area (Å²) in [6.45, 7) is 4.49. The van der Waals surface area contributed by atoms with Gasteiger partial charge in [-0.2, -0.15) is 13.2 Å². The lowest BCUT2D eigenvalue weighted by Gasteiger charge is -2.42. The smallest absolute Gasteiger partial charge is 0.444 e. The van der Waals surface area contributed by atoms with E-state index in [9.17, 15) is 27.2 Å². The number of nitrogens with zero attached hydrogens (tertiary/aromatic N) is 1. The van der Waals surface area contributed by atoms with Crippen molar-refractivity contribution in [2.24, 2.45) is 0 Å². The summed E-state index contributed by atoms with van der Waals surface area (Å²) in [5, 5.41) is 1.70. The first-order valence-corrected chi connectivity index (χ1v) is 8.45. The van der Waals surface area contributed by atoms with E-state index >= 15 is 0 Å². The molecule has 1 heterocycles. The van der Waals surface area contributed by atoms with E-state index in [0.29, 0.717) is 5.56 Å². The van der Waals surface area contributed by atoms with Gasteiger partial charge in [0, 0.05) is 0 Å². The Morgan fingerprint density at radius 1 is 1.15 bits per heavy atom. The number of halogens is 4. The predicted octanol–water partition coefficient (Wildman–Crippen LogP) is 3.75. The van der Waals surface area contributed by atoms with E-state index in [1.807, 2.05) is 0 Å². The normalized spacial score (nSPS) is 23.7. The summed E-state index contributed by atoms with van der Waals surface area (Å²) in [6, 6.07) is 6.41. The highest BCUT2D eigenvalue weighted by molar-refractivity contribution is 5.82. The molecule has 1 aromatic carbocycles. The van der Waals surface area contributed by atoms with E-state index < -0.39 is 48.6 Å². The fourth-order valence-corrected chi connectivity index (χ4v) is 2.87. The summed E-state index contributed by atoms with van der Waals surface area (Å²) in [6.07, 6.45) is -7.93. The minimum atomic E-state index is -5.11. The van der Waals surface area contributed by atoms with Gasteiger partial charge in [0.1, 0.15) is 11.8 Å². The molecule has 0 bridgehead atoms. The first-order valence-electron chi connectivity index (χ1n) is 8.45. The Bertz CT molecular complexity index is 673. The molecule has 9 heteroatoms. The third-order valence-electron chi connectivity index (χ3n) is 4.05. The number of carbonyl (C=O) groups is 2.